The summed E-state index contributed by atoms with van der Waals surface area (Å²) in [7, 11) is 0. The molecule has 0 amide bonds. The predicted molar refractivity (Wildman–Crippen MR) is 44.8 cm³/mol. The molecule has 0 aliphatic carbocycles. The van der Waals surface area contributed by atoms with E-state index in [-0.39, 0.29) is 6.42 Å². The molecule has 0 aromatic heterocycles. The van der Waals surface area contributed by atoms with E-state index >= 15 is 0 Å². The van der Waals surface area contributed by atoms with Crippen molar-refractivity contribution in [1.82, 2.24) is 0 Å². The maximum absolute atomic E-state index is 8.63. The summed E-state index contributed by atoms with van der Waals surface area (Å²) < 4.78 is 0. The SMILES string of the molecule is CC(C)/C=C(\CN)CC(O)O. The lowest BCUT2D eigenvalue weighted by Crippen LogP contribution is -2.12. The van der Waals surface area contributed by atoms with E-state index in [0.29, 0.717) is 12.5 Å². The van der Waals surface area contributed by atoms with Crippen LogP contribution in [-0.4, -0.2) is 23.0 Å². The standard InChI is InChI=1S/C8H17NO2/c1-6(2)3-7(5-9)4-8(10)11/h3,6,8,10-11H,4-5,9H2,1-2H3/b7-3-. The summed E-state index contributed by atoms with van der Waals surface area (Å²) in [4.78, 5) is 0. The molecule has 0 atom stereocenters. The molecular weight excluding hydrogens is 142 g/mol. The summed E-state index contributed by atoms with van der Waals surface area (Å²) in [6, 6.07) is 0. The molecule has 0 bridgehead atoms. The van der Waals surface area contributed by atoms with Crippen molar-refractivity contribution < 1.29 is 10.2 Å². The highest BCUT2D eigenvalue weighted by Gasteiger charge is 2.02. The van der Waals surface area contributed by atoms with E-state index < -0.39 is 6.29 Å². The Hall–Kier alpha value is -0.380. The highest BCUT2D eigenvalue weighted by Crippen LogP contribution is 2.06. The molecule has 11 heavy (non-hydrogen) atoms. The van der Waals surface area contributed by atoms with E-state index in [2.05, 4.69) is 0 Å². The van der Waals surface area contributed by atoms with Gasteiger partial charge in [0.25, 0.3) is 0 Å². The van der Waals surface area contributed by atoms with Crippen LogP contribution in [0.4, 0.5) is 0 Å². The average molecular weight is 159 g/mol. The zero-order valence-electron chi connectivity index (χ0n) is 7.12. The van der Waals surface area contributed by atoms with E-state index in [9.17, 15) is 0 Å². The van der Waals surface area contributed by atoms with Crippen molar-refractivity contribution in [3.05, 3.63) is 11.6 Å². The Bertz CT molecular complexity index is 130. The number of nitrogens with two attached hydrogens (primary N) is 1. The number of allylic oxidation sites excluding steroid dienone is 1. The van der Waals surface area contributed by atoms with Gasteiger partial charge in [-0.25, -0.2) is 0 Å². The predicted octanol–water partition coefficient (Wildman–Crippen LogP) is 0.228. The second kappa shape index (κ2) is 5.29. The molecule has 0 rings (SSSR count). The van der Waals surface area contributed by atoms with Crippen LogP contribution in [0.5, 0.6) is 0 Å². The lowest BCUT2D eigenvalue weighted by Gasteiger charge is -2.07. The molecule has 0 radical (unpaired) electrons. The molecule has 0 fully saturated rings. The minimum atomic E-state index is -1.27. The van der Waals surface area contributed by atoms with Crippen molar-refractivity contribution in [3.63, 3.8) is 0 Å². The van der Waals surface area contributed by atoms with Crippen LogP contribution in [0.3, 0.4) is 0 Å². The maximum atomic E-state index is 8.63. The Morgan fingerprint density at radius 2 is 2.00 bits per heavy atom. The van der Waals surface area contributed by atoms with Crippen LogP contribution < -0.4 is 5.73 Å². The van der Waals surface area contributed by atoms with Crippen LogP contribution in [0.15, 0.2) is 11.6 Å². The smallest absolute Gasteiger partial charge is 0.155 e. The summed E-state index contributed by atoms with van der Waals surface area (Å²) in [5, 5.41) is 17.3. The third-order valence-electron chi connectivity index (χ3n) is 1.28. The first kappa shape index (κ1) is 10.6. The van der Waals surface area contributed by atoms with E-state index in [0.717, 1.165) is 5.57 Å². The average Bonchev–Trinajstić information content (AvgIpc) is 1.84. The molecule has 0 spiro atoms. The highest BCUT2D eigenvalue weighted by molar-refractivity contribution is 5.05. The largest absolute Gasteiger partial charge is 0.368 e. The summed E-state index contributed by atoms with van der Waals surface area (Å²) in [5.74, 6) is 0.410. The van der Waals surface area contributed by atoms with Crippen LogP contribution in [0.1, 0.15) is 20.3 Å². The Balaban J connectivity index is 3.94. The Morgan fingerprint density at radius 1 is 1.45 bits per heavy atom. The number of hydrogen-bond acceptors (Lipinski definition) is 3. The van der Waals surface area contributed by atoms with Gasteiger partial charge in [0.15, 0.2) is 6.29 Å². The minimum Gasteiger partial charge on any atom is -0.368 e. The monoisotopic (exact) mass is 159 g/mol. The molecule has 0 saturated carbocycles. The molecule has 0 heterocycles. The second-order valence-corrected chi connectivity index (χ2v) is 2.96. The maximum Gasteiger partial charge on any atom is 0.155 e. The van der Waals surface area contributed by atoms with Gasteiger partial charge in [-0.3, -0.25) is 0 Å². The molecule has 0 aliphatic rings. The Labute approximate surface area is 67.5 Å². The van der Waals surface area contributed by atoms with Gasteiger partial charge in [-0.15, -0.1) is 0 Å². The van der Waals surface area contributed by atoms with Gasteiger partial charge < -0.3 is 15.9 Å². The fourth-order valence-electron chi connectivity index (χ4n) is 0.925. The number of rotatable bonds is 4. The number of hydrogen-bond donors (Lipinski definition) is 3. The highest BCUT2D eigenvalue weighted by atomic mass is 16.5. The molecule has 0 unspecified atom stereocenters. The van der Waals surface area contributed by atoms with Gasteiger partial charge in [-0.05, 0) is 5.92 Å². The zero-order valence-corrected chi connectivity index (χ0v) is 7.12. The first-order valence-electron chi connectivity index (χ1n) is 3.82. The lowest BCUT2D eigenvalue weighted by molar-refractivity contribution is -0.0383. The summed E-state index contributed by atoms with van der Waals surface area (Å²) in [6.07, 6.45) is 0.942. The molecular formula is C8H17NO2. The van der Waals surface area contributed by atoms with Crippen molar-refractivity contribution in [3.8, 4) is 0 Å². The normalized spacial score (nSPS) is 13.2. The van der Waals surface area contributed by atoms with E-state index in [4.69, 9.17) is 15.9 Å². The third-order valence-corrected chi connectivity index (χ3v) is 1.28. The van der Waals surface area contributed by atoms with Crippen LogP contribution in [0, 0.1) is 5.92 Å². The fraction of sp³-hybridized carbons (Fsp3) is 0.750. The Kier molecular flexibility index (Phi) is 5.11. The van der Waals surface area contributed by atoms with Gasteiger partial charge in [0, 0.05) is 13.0 Å². The molecule has 0 saturated heterocycles. The summed E-state index contributed by atoms with van der Waals surface area (Å²) in [6.45, 7) is 4.45. The molecule has 3 nitrogen and oxygen atoms in total. The summed E-state index contributed by atoms with van der Waals surface area (Å²) >= 11 is 0. The summed E-state index contributed by atoms with van der Waals surface area (Å²) in [5.41, 5.74) is 6.28. The molecule has 0 aromatic rings. The van der Waals surface area contributed by atoms with Gasteiger partial charge in [0.05, 0.1) is 0 Å². The van der Waals surface area contributed by atoms with Gasteiger partial charge in [-0.1, -0.05) is 25.5 Å². The minimum absolute atomic E-state index is 0.259. The van der Waals surface area contributed by atoms with Crippen LogP contribution in [0.2, 0.25) is 0 Å². The third kappa shape index (κ3) is 6.04. The van der Waals surface area contributed by atoms with Gasteiger partial charge >= 0.3 is 0 Å². The number of aliphatic hydroxyl groups is 2. The van der Waals surface area contributed by atoms with Crippen LogP contribution >= 0.6 is 0 Å². The first-order chi connectivity index (χ1) is 5.06. The van der Waals surface area contributed by atoms with Crippen molar-refractivity contribution in [2.75, 3.05) is 6.54 Å². The lowest BCUT2D eigenvalue weighted by atomic mass is 10.1. The zero-order chi connectivity index (χ0) is 8.85. The molecule has 3 heteroatoms. The molecule has 66 valence electrons. The molecule has 0 aliphatic heterocycles. The van der Waals surface area contributed by atoms with Crippen molar-refractivity contribution in [1.29, 1.82) is 0 Å². The Morgan fingerprint density at radius 3 is 2.27 bits per heavy atom. The van der Waals surface area contributed by atoms with Crippen molar-refractivity contribution in [2.24, 2.45) is 11.7 Å². The topological polar surface area (TPSA) is 66.5 Å². The quantitative estimate of drug-likeness (QED) is 0.406. The van der Waals surface area contributed by atoms with E-state index in [1.165, 1.54) is 0 Å². The van der Waals surface area contributed by atoms with Gasteiger partial charge in [0.1, 0.15) is 0 Å². The van der Waals surface area contributed by atoms with E-state index in [1.807, 2.05) is 19.9 Å². The van der Waals surface area contributed by atoms with Crippen LogP contribution in [0.25, 0.3) is 0 Å². The van der Waals surface area contributed by atoms with Gasteiger partial charge in [0.2, 0.25) is 0 Å². The van der Waals surface area contributed by atoms with Crippen LogP contribution in [-0.2, 0) is 0 Å². The second-order valence-electron chi connectivity index (χ2n) is 2.96. The van der Waals surface area contributed by atoms with E-state index in [1.54, 1.807) is 0 Å². The fourth-order valence-corrected chi connectivity index (χ4v) is 0.925. The van der Waals surface area contributed by atoms with Crippen molar-refractivity contribution >= 4 is 0 Å². The molecule has 0 aromatic carbocycles. The first-order valence-corrected chi connectivity index (χ1v) is 3.82. The number of aliphatic hydroxyl groups excluding tert-OH is 1. The molecule has 4 N–H and O–H groups in total. The van der Waals surface area contributed by atoms with Gasteiger partial charge in [-0.2, -0.15) is 0 Å². The van der Waals surface area contributed by atoms with Crippen molar-refractivity contribution in [2.45, 2.75) is 26.6 Å².